The number of amidine groups is 1. The summed E-state index contributed by atoms with van der Waals surface area (Å²) >= 11 is 1.39. The van der Waals surface area contributed by atoms with E-state index in [-0.39, 0.29) is 5.56 Å². The van der Waals surface area contributed by atoms with Crippen molar-refractivity contribution in [2.75, 3.05) is 19.8 Å². The summed E-state index contributed by atoms with van der Waals surface area (Å²) in [6.07, 6.45) is 0. The quantitative estimate of drug-likeness (QED) is 0.344. The van der Waals surface area contributed by atoms with Crippen LogP contribution in [0, 0.1) is 5.41 Å². The predicted octanol–water partition coefficient (Wildman–Crippen LogP) is 3.02. The summed E-state index contributed by atoms with van der Waals surface area (Å²) < 4.78 is 1.62. The highest BCUT2D eigenvalue weighted by Crippen LogP contribution is 2.21. The Kier molecular flexibility index (Phi) is 4.66. The van der Waals surface area contributed by atoms with Gasteiger partial charge in [0, 0.05) is 14.1 Å². The van der Waals surface area contributed by atoms with E-state index in [0.717, 1.165) is 5.69 Å². The summed E-state index contributed by atoms with van der Waals surface area (Å²) in [6, 6.07) is 16.8. The Hall–Kier alpha value is -2.60. The first-order valence-electron chi connectivity index (χ1n) is 7.52. The highest BCUT2D eigenvalue weighted by atomic mass is 32.2. The normalized spacial score (nSPS) is 10.8. The van der Waals surface area contributed by atoms with Gasteiger partial charge in [-0.15, -0.1) is 0 Å². The molecular weight excluding hydrogens is 320 g/mol. The lowest BCUT2D eigenvalue weighted by Crippen LogP contribution is -2.25. The summed E-state index contributed by atoms with van der Waals surface area (Å²) in [7, 11) is 3.67. The molecule has 6 heteroatoms. The first-order valence-corrected chi connectivity index (χ1v) is 8.51. The molecule has 0 radical (unpaired) electrons. The molecule has 0 amide bonds. The van der Waals surface area contributed by atoms with Crippen molar-refractivity contribution in [3.05, 3.63) is 65.0 Å². The van der Waals surface area contributed by atoms with Gasteiger partial charge in [0.15, 0.2) is 5.16 Å². The highest BCUT2D eigenvalue weighted by molar-refractivity contribution is 7.99. The average molecular weight is 338 g/mol. The minimum absolute atomic E-state index is 0.0920. The molecule has 0 spiro atoms. The van der Waals surface area contributed by atoms with Crippen LogP contribution in [-0.2, 0) is 0 Å². The average Bonchev–Trinajstić information content (AvgIpc) is 2.60. The number of hydrogen-bond acceptors (Lipinski definition) is 4. The number of aromatic nitrogens is 2. The zero-order chi connectivity index (χ0) is 17.1. The van der Waals surface area contributed by atoms with Crippen molar-refractivity contribution in [3.63, 3.8) is 0 Å². The second kappa shape index (κ2) is 6.88. The summed E-state index contributed by atoms with van der Waals surface area (Å²) in [5.74, 6) is 0.923. The smallest absolute Gasteiger partial charge is 0.266 e. The van der Waals surface area contributed by atoms with E-state index < -0.39 is 0 Å². The molecule has 0 aliphatic carbocycles. The van der Waals surface area contributed by atoms with E-state index >= 15 is 0 Å². The van der Waals surface area contributed by atoms with Crippen LogP contribution in [0.5, 0.6) is 0 Å². The van der Waals surface area contributed by atoms with Crippen molar-refractivity contribution >= 4 is 28.5 Å². The van der Waals surface area contributed by atoms with Gasteiger partial charge in [-0.05, 0) is 24.3 Å². The Morgan fingerprint density at radius 3 is 2.50 bits per heavy atom. The van der Waals surface area contributed by atoms with E-state index in [1.54, 1.807) is 15.5 Å². The first kappa shape index (κ1) is 16.3. The molecule has 5 nitrogen and oxygen atoms in total. The van der Waals surface area contributed by atoms with E-state index in [1.165, 1.54) is 11.8 Å². The van der Waals surface area contributed by atoms with Gasteiger partial charge in [-0.1, -0.05) is 42.1 Å². The molecule has 0 aliphatic heterocycles. The molecule has 0 aliphatic rings. The van der Waals surface area contributed by atoms with Gasteiger partial charge < -0.3 is 4.90 Å². The molecule has 3 aromatic rings. The van der Waals surface area contributed by atoms with Gasteiger partial charge in [0.25, 0.3) is 5.56 Å². The Morgan fingerprint density at radius 1 is 1.12 bits per heavy atom. The Balaban J connectivity index is 2.15. The van der Waals surface area contributed by atoms with Crippen LogP contribution in [0.25, 0.3) is 16.6 Å². The van der Waals surface area contributed by atoms with Crippen LogP contribution in [-0.4, -0.2) is 40.1 Å². The van der Waals surface area contributed by atoms with Crippen molar-refractivity contribution in [2.45, 2.75) is 5.16 Å². The Bertz CT molecular complexity index is 935. The standard InChI is InChI=1S/C18H18N4OS/c1-21(2)16(19)12-24-18-20-15-11-7-6-10-14(15)17(23)22(18)13-8-4-3-5-9-13/h3-11,19H,12H2,1-2H3. The lowest BCUT2D eigenvalue weighted by molar-refractivity contribution is 0.615. The SMILES string of the molecule is CN(C)C(=N)CSc1nc2ccccc2c(=O)n1-c1ccccc1. The third kappa shape index (κ3) is 3.19. The number of thioether (sulfide) groups is 1. The van der Waals surface area contributed by atoms with Crippen LogP contribution in [0.4, 0.5) is 0 Å². The minimum Gasteiger partial charge on any atom is -0.366 e. The van der Waals surface area contributed by atoms with Gasteiger partial charge >= 0.3 is 0 Å². The Labute approximate surface area is 144 Å². The number of hydrogen-bond donors (Lipinski definition) is 1. The van der Waals surface area contributed by atoms with Gasteiger partial charge in [0.1, 0.15) is 5.84 Å². The second-order valence-electron chi connectivity index (χ2n) is 5.52. The molecule has 1 heterocycles. The fourth-order valence-corrected chi connectivity index (χ4v) is 3.28. The molecule has 0 unspecified atom stereocenters. The minimum atomic E-state index is -0.0920. The van der Waals surface area contributed by atoms with Crippen LogP contribution in [0.3, 0.4) is 0 Å². The Morgan fingerprint density at radius 2 is 1.79 bits per heavy atom. The van der Waals surface area contributed by atoms with Crippen molar-refractivity contribution in [3.8, 4) is 5.69 Å². The monoisotopic (exact) mass is 338 g/mol. The van der Waals surface area contributed by atoms with E-state index in [4.69, 9.17) is 5.41 Å². The van der Waals surface area contributed by atoms with Gasteiger partial charge in [0.2, 0.25) is 0 Å². The third-order valence-electron chi connectivity index (χ3n) is 3.64. The molecule has 2 aromatic carbocycles. The maximum absolute atomic E-state index is 13.0. The zero-order valence-electron chi connectivity index (χ0n) is 13.6. The van der Waals surface area contributed by atoms with Crippen molar-refractivity contribution in [1.29, 1.82) is 5.41 Å². The molecule has 24 heavy (non-hydrogen) atoms. The summed E-state index contributed by atoms with van der Waals surface area (Å²) in [5.41, 5.74) is 1.36. The summed E-state index contributed by atoms with van der Waals surface area (Å²) in [6.45, 7) is 0. The van der Waals surface area contributed by atoms with E-state index in [1.807, 2.05) is 62.6 Å². The molecule has 1 aromatic heterocycles. The van der Waals surface area contributed by atoms with Crippen LogP contribution in [0.15, 0.2) is 64.5 Å². The number of fused-ring (bicyclic) bond motifs is 1. The second-order valence-corrected chi connectivity index (χ2v) is 6.46. The van der Waals surface area contributed by atoms with Crippen LogP contribution in [0.1, 0.15) is 0 Å². The zero-order valence-corrected chi connectivity index (χ0v) is 14.4. The van der Waals surface area contributed by atoms with Crippen molar-refractivity contribution < 1.29 is 0 Å². The van der Waals surface area contributed by atoms with Crippen LogP contribution < -0.4 is 5.56 Å². The lowest BCUT2D eigenvalue weighted by atomic mass is 10.2. The maximum Gasteiger partial charge on any atom is 0.266 e. The molecule has 0 saturated heterocycles. The number of nitrogens with one attached hydrogen (secondary N) is 1. The molecule has 0 saturated carbocycles. The van der Waals surface area contributed by atoms with Crippen molar-refractivity contribution in [2.24, 2.45) is 0 Å². The van der Waals surface area contributed by atoms with E-state index in [2.05, 4.69) is 4.98 Å². The van der Waals surface area contributed by atoms with Gasteiger partial charge in [-0.3, -0.25) is 14.8 Å². The molecule has 0 atom stereocenters. The molecule has 1 N–H and O–H groups in total. The fourth-order valence-electron chi connectivity index (χ4n) is 2.28. The van der Waals surface area contributed by atoms with Crippen molar-refractivity contribution in [1.82, 2.24) is 14.5 Å². The predicted molar refractivity (Wildman–Crippen MR) is 99.5 cm³/mol. The molecular formula is C18H18N4OS. The van der Waals surface area contributed by atoms with Crippen LogP contribution in [0.2, 0.25) is 0 Å². The fraction of sp³-hybridized carbons (Fsp3) is 0.167. The number of benzene rings is 2. The topological polar surface area (TPSA) is 62.0 Å². The third-order valence-corrected chi connectivity index (χ3v) is 4.59. The number of para-hydroxylation sites is 2. The maximum atomic E-state index is 13.0. The first-order chi connectivity index (χ1) is 11.6. The van der Waals surface area contributed by atoms with Crippen LogP contribution >= 0.6 is 11.8 Å². The highest BCUT2D eigenvalue weighted by Gasteiger charge is 2.14. The van der Waals surface area contributed by atoms with E-state index in [0.29, 0.717) is 27.6 Å². The van der Waals surface area contributed by atoms with Gasteiger partial charge in [-0.25, -0.2) is 4.98 Å². The number of nitrogens with zero attached hydrogens (tertiary/aromatic N) is 3. The summed E-state index contributed by atoms with van der Waals surface area (Å²) in [5, 5.41) is 9.16. The van der Waals surface area contributed by atoms with Gasteiger partial charge in [0.05, 0.1) is 22.3 Å². The molecule has 122 valence electrons. The largest absolute Gasteiger partial charge is 0.366 e. The summed E-state index contributed by atoms with van der Waals surface area (Å²) in [4.78, 5) is 19.4. The molecule has 0 fully saturated rings. The molecule has 3 rings (SSSR count). The lowest BCUT2D eigenvalue weighted by Gasteiger charge is -2.16. The number of rotatable bonds is 4. The van der Waals surface area contributed by atoms with E-state index in [9.17, 15) is 4.79 Å². The molecule has 0 bridgehead atoms. The van der Waals surface area contributed by atoms with Gasteiger partial charge in [-0.2, -0.15) is 0 Å².